The minimum atomic E-state index is -2.43. The van der Waals surface area contributed by atoms with Crippen molar-refractivity contribution in [3.05, 3.63) is 64.3 Å². The van der Waals surface area contributed by atoms with Crippen molar-refractivity contribution < 1.29 is 32.6 Å². The fourth-order valence-electron chi connectivity index (χ4n) is 6.13. The quantitative estimate of drug-likeness (QED) is 0.274. The van der Waals surface area contributed by atoms with Crippen molar-refractivity contribution in [3.63, 3.8) is 0 Å². The fraction of sp³-hybridized carbons (Fsp3) is 0.515. The van der Waals surface area contributed by atoms with Gasteiger partial charge in [0, 0.05) is 49.4 Å². The molecule has 2 aromatic carbocycles. The van der Waals surface area contributed by atoms with Crippen molar-refractivity contribution in [2.24, 2.45) is 0 Å². The van der Waals surface area contributed by atoms with Gasteiger partial charge in [-0.15, -0.1) is 0 Å². The highest BCUT2D eigenvalue weighted by atomic mass is 19.3. The van der Waals surface area contributed by atoms with E-state index in [0.29, 0.717) is 43.4 Å². The zero-order valence-corrected chi connectivity index (χ0v) is 25.8. The first-order chi connectivity index (χ1) is 20.4. The highest BCUT2D eigenvalue weighted by Crippen LogP contribution is 2.44. The van der Waals surface area contributed by atoms with Gasteiger partial charge >= 0.3 is 12.1 Å². The Hall–Kier alpha value is -3.50. The van der Waals surface area contributed by atoms with Gasteiger partial charge in [0.05, 0.1) is 31.8 Å². The van der Waals surface area contributed by atoms with Crippen molar-refractivity contribution in [1.29, 1.82) is 0 Å². The summed E-state index contributed by atoms with van der Waals surface area (Å²) in [7, 11) is 3.00. The number of carbonyl (C=O) groups is 2. The van der Waals surface area contributed by atoms with E-state index in [1.54, 1.807) is 18.2 Å². The summed E-state index contributed by atoms with van der Waals surface area (Å²) >= 11 is 0. The largest absolute Gasteiger partial charge is 0.496 e. The minimum Gasteiger partial charge on any atom is -0.496 e. The molecule has 232 valence electrons. The van der Waals surface area contributed by atoms with E-state index in [4.69, 9.17) is 14.2 Å². The fourth-order valence-corrected chi connectivity index (χ4v) is 6.13. The normalized spacial score (nSPS) is 18.3. The maximum absolute atomic E-state index is 13.5. The van der Waals surface area contributed by atoms with Crippen LogP contribution in [0.1, 0.15) is 78.2 Å². The second-order valence-corrected chi connectivity index (χ2v) is 12.6. The molecule has 2 aliphatic rings. The number of ether oxygens (including phenoxy) is 3. The number of hydrogen-bond donors (Lipinski definition) is 0. The van der Waals surface area contributed by atoms with Crippen LogP contribution in [0.15, 0.2) is 36.5 Å². The number of fused-ring (bicyclic) bond motifs is 1. The first kappa shape index (κ1) is 30.9. The molecule has 1 saturated carbocycles. The average Bonchev–Trinajstić information content (AvgIpc) is 3.70. The molecule has 1 aliphatic heterocycles. The highest BCUT2D eigenvalue weighted by Gasteiger charge is 2.34. The summed E-state index contributed by atoms with van der Waals surface area (Å²) in [6.45, 7) is 9.08. The summed E-state index contributed by atoms with van der Waals surface area (Å²) in [6, 6.07) is 9.42. The molecule has 43 heavy (non-hydrogen) atoms. The van der Waals surface area contributed by atoms with E-state index in [1.807, 2.05) is 52.0 Å². The molecule has 10 heteroatoms. The molecule has 2 heterocycles. The Morgan fingerprint density at radius 3 is 2.44 bits per heavy atom. The Labute approximate surface area is 251 Å². The molecule has 1 unspecified atom stereocenters. The third-order valence-electron chi connectivity index (χ3n) is 8.26. The van der Waals surface area contributed by atoms with Crippen LogP contribution in [0.5, 0.6) is 5.75 Å². The molecule has 8 nitrogen and oxygen atoms in total. The zero-order valence-electron chi connectivity index (χ0n) is 25.8. The zero-order chi connectivity index (χ0) is 31.1. The van der Waals surface area contributed by atoms with E-state index >= 15 is 0 Å². The SMILES string of the molecule is COC(=O)c1ccc(C2CN(CC(F)F)CCN2Cc2c(OC)cc(C)c3c2ccn3C(=O)OC(C)(C)C)cc1C1CC1. The Bertz CT molecular complexity index is 1510. The number of halogens is 2. The number of esters is 1. The maximum Gasteiger partial charge on any atom is 0.419 e. The molecule has 0 spiro atoms. The molecule has 2 fully saturated rings. The minimum absolute atomic E-state index is 0.203. The van der Waals surface area contributed by atoms with Gasteiger partial charge in [0.2, 0.25) is 0 Å². The topological polar surface area (TPSA) is 73.2 Å². The standard InChI is InChI=1S/C33H41F2N3O5/c1-20-15-28(41-5)26(23-11-12-38(30(20)23)32(40)43-33(2,3)4)17-37-14-13-36(19-29(34)35)18-27(37)22-9-10-24(31(39)42-6)25(16-22)21-7-8-21/h9-12,15-16,21,27,29H,7-8,13-14,17-19H2,1-6H3. The number of aryl methyl sites for hydroxylation is 1. The first-order valence-electron chi connectivity index (χ1n) is 14.8. The van der Waals surface area contributed by atoms with Gasteiger partial charge in [-0.25, -0.2) is 18.4 Å². The molecule has 0 bridgehead atoms. The van der Waals surface area contributed by atoms with Crippen LogP contribution < -0.4 is 4.74 Å². The lowest BCUT2D eigenvalue weighted by Crippen LogP contribution is -2.49. The van der Waals surface area contributed by atoms with Crippen LogP contribution >= 0.6 is 0 Å². The molecule has 0 N–H and O–H groups in total. The van der Waals surface area contributed by atoms with Crippen LogP contribution in [-0.4, -0.2) is 78.9 Å². The Balaban J connectivity index is 1.55. The lowest BCUT2D eigenvalue weighted by molar-refractivity contribution is 0.0245. The van der Waals surface area contributed by atoms with Crippen LogP contribution in [0.25, 0.3) is 10.9 Å². The molecule has 1 saturated heterocycles. The van der Waals surface area contributed by atoms with Crippen molar-refractivity contribution in [3.8, 4) is 5.75 Å². The lowest BCUT2D eigenvalue weighted by atomic mass is 9.94. The Kier molecular flexibility index (Phi) is 8.81. The smallest absolute Gasteiger partial charge is 0.419 e. The predicted molar refractivity (Wildman–Crippen MR) is 160 cm³/mol. The Morgan fingerprint density at radius 1 is 1.07 bits per heavy atom. The second-order valence-electron chi connectivity index (χ2n) is 12.6. The van der Waals surface area contributed by atoms with Crippen molar-refractivity contribution >= 4 is 23.0 Å². The van der Waals surface area contributed by atoms with Crippen molar-refractivity contribution in [2.45, 2.75) is 71.1 Å². The van der Waals surface area contributed by atoms with Crippen molar-refractivity contribution in [2.75, 3.05) is 40.4 Å². The molecule has 3 aromatic rings. The molecule has 1 aliphatic carbocycles. The Morgan fingerprint density at radius 2 is 1.81 bits per heavy atom. The van der Waals surface area contributed by atoms with Crippen LogP contribution in [-0.2, 0) is 16.0 Å². The second kappa shape index (κ2) is 12.2. The number of methoxy groups -OCH3 is 2. The van der Waals surface area contributed by atoms with Crippen LogP contribution in [0.3, 0.4) is 0 Å². The van der Waals surface area contributed by atoms with Crippen LogP contribution in [0.4, 0.5) is 13.6 Å². The van der Waals surface area contributed by atoms with E-state index < -0.39 is 18.1 Å². The van der Waals surface area contributed by atoms with E-state index in [1.165, 1.54) is 11.7 Å². The predicted octanol–water partition coefficient (Wildman–Crippen LogP) is 6.53. The molecule has 0 radical (unpaired) electrons. The molecular formula is C33H41F2N3O5. The van der Waals surface area contributed by atoms with Crippen molar-refractivity contribution in [1.82, 2.24) is 14.4 Å². The lowest BCUT2D eigenvalue weighted by Gasteiger charge is -2.42. The maximum atomic E-state index is 13.5. The van der Waals surface area contributed by atoms with E-state index in [2.05, 4.69) is 11.0 Å². The number of rotatable bonds is 8. The van der Waals surface area contributed by atoms with Gasteiger partial charge in [0.25, 0.3) is 6.43 Å². The first-order valence-corrected chi connectivity index (χ1v) is 14.8. The molecule has 5 rings (SSSR count). The summed E-state index contributed by atoms with van der Waals surface area (Å²) in [5, 5.41) is 0.871. The van der Waals surface area contributed by atoms with Gasteiger partial charge < -0.3 is 14.2 Å². The number of alkyl halides is 2. The summed E-state index contributed by atoms with van der Waals surface area (Å²) in [5.74, 6) is 0.627. The summed E-state index contributed by atoms with van der Waals surface area (Å²) in [5.41, 5.74) is 4.37. The van der Waals surface area contributed by atoms with Crippen LogP contribution in [0, 0.1) is 6.92 Å². The van der Waals surface area contributed by atoms with Gasteiger partial charge in [-0.2, -0.15) is 0 Å². The number of carbonyl (C=O) groups excluding carboxylic acids is 2. The van der Waals surface area contributed by atoms with Crippen LogP contribution in [0.2, 0.25) is 0 Å². The number of hydrogen-bond acceptors (Lipinski definition) is 7. The van der Waals surface area contributed by atoms with E-state index in [-0.39, 0.29) is 18.6 Å². The number of piperazine rings is 1. The number of nitrogens with zero attached hydrogens (tertiary/aromatic N) is 3. The molecule has 0 amide bonds. The summed E-state index contributed by atoms with van der Waals surface area (Å²) in [6.07, 6.45) is 0.845. The third-order valence-corrected chi connectivity index (χ3v) is 8.26. The molecule has 1 atom stereocenters. The van der Waals surface area contributed by atoms with Gasteiger partial charge in [-0.05, 0) is 81.3 Å². The number of aromatic nitrogens is 1. The van der Waals surface area contributed by atoms with Gasteiger partial charge in [-0.3, -0.25) is 14.4 Å². The molecular weight excluding hydrogens is 556 g/mol. The summed E-state index contributed by atoms with van der Waals surface area (Å²) < 4.78 is 45.0. The summed E-state index contributed by atoms with van der Waals surface area (Å²) in [4.78, 5) is 29.7. The van der Waals surface area contributed by atoms with Gasteiger partial charge in [-0.1, -0.05) is 12.1 Å². The van der Waals surface area contributed by atoms with Gasteiger partial charge in [0.15, 0.2) is 0 Å². The van der Waals surface area contributed by atoms with Gasteiger partial charge in [0.1, 0.15) is 11.4 Å². The van der Waals surface area contributed by atoms with E-state index in [9.17, 15) is 18.4 Å². The number of benzene rings is 2. The monoisotopic (exact) mass is 597 g/mol. The highest BCUT2D eigenvalue weighted by molar-refractivity contribution is 5.95. The average molecular weight is 598 g/mol. The third kappa shape index (κ3) is 6.70. The molecule has 1 aromatic heterocycles. The van der Waals surface area contributed by atoms with E-state index in [0.717, 1.165) is 46.0 Å².